The van der Waals surface area contributed by atoms with Crippen molar-refractivity contribution in [1.82, 2.24) is 4.90 Å². The number of rotatable bonds is 2. The number of phenols is 1. The number of fused-ring (bicyclic) bond motifs is 2. The molecule has 2 aliphatic heterocycles. The van der Waals surface area contributed by atoms with E-state index in [1.54, 1.807) is 4.90 Å². The second-order valence-corrected chi connectivity index (χ2v) is 8.25. The van der Waals surface area contributed by atoms with Gasteiger partial charge in [0.2, 0.25) is 0 Å². The van der Waals surface area contributed by atoms with Crippen molar-refractivity contribution in [3.8, 4) is 5.75 Å². The maximum absolute atomic E-state index is 12.7. The molecule has 0 unspecified atom stereocenters. The van der Waals surface area contributed by atoms with Crippen LogP contribution in [0.15, 0.2) is 42.5 Å². The van der Waals surface area contributed by atoms with Gasteiger partial charge >= 0.3 is 6.09 Å². The molecule has 2 heterocycles. The molecule has 1 aliphatic carbocycles. The van der Waals surface area contributed by atoms with Gasteiger partial charge in [0.05, 0.1) is 6.54 Å². The van der Waals surface area contributed by atoms with E-state index in [0.717, 1.165) is 24.2 Å². The molecule has 5 heteroatoms. The Bertz CT molecular complexity index is 883. The van der Waals surface area contributed by atoms with Crippen molar-refractivity contribution in [1.29, 1.82) is 0 Å². The molecule has 0 radical (unpaired) electrons. The third-order valence-corrected chi connectivity index (χ3v) is 6.50. The highest BCUT2D eigenvalue weighted by atomic mass is 16.6. The number of anilines is 1. The van der Waals surface area contributed by atoms with Crippen LogP contribution >= 0.6 is 0 Å². The van der Waals surface area contributed by atoms with Gasteiger partial charge in [0.1, 0.15) is 12.4 Å². The lowest BCUT2D eigenvalue weighted by Crippen LogP contribution is -2.40. The Balaban J connectivity index is 1.39. The zero-order chi connectivity index (χ0) is 19.1. The Morgan fingerprint density at radius 1 is 1.14 bits per heavy atom. The highest BCUT2D eigenvalue weighted by Gasteiger charge is 2.39. The highest BCUT2D eigenvalue weighted by molar-refractivity contribution is 5.71. The maximum atomic E-state index is 12.7. The fourth-order valence-corrected chi connectivity index (χ4v) is 5.23. The van der Waals surface area contributed by atoms with Crippen LogP contribution < -0.4 is 4.90 Å². The average molecular weight is 378 g/mol. The van der Waals surface area contributed by atoms with Crippen molar-refractivity contribution in [2.24, 2.45) is 5.92 Å². The third-order valence-electron chi connectivity index (χ3n) is 6.50. The summed E-state index contributed by atoms with van der Waals surface area (Å²) in [4.78, 5) is 16.9. The van der Waals surface area contributed by atoms with Crippen molar-refractivity contribution >= 4 is 11.8 Å². The molecule has 1 fully saturated rings. The number of hydrogen-bond acceptors (Lipinski definition) is 4. The van der Waals surface area contributed by atoms with Gasteiger partial charge in [-0.15, -0.1) is 0 Å². The number of amides is 1. The zero-order valence-electron chi connectivity index (χ0n) is 16.0. The second kappa shape index (κ2) is 7.04. The van der Waals surface area contributed by atoms with E-state index in [0.29, 0.717) is 30.7 Å². The van der Waals surface area contributed by atoms with E-state index in [1.165, 1.54) is 30.5 Å². The summed E-state index contributed by atoms with van der Waals surface area (Å²) in [7, 11) is 0. The molecule has 5 nitrogen and oxygen atoms in total. The van der Waals surface area contributed by atoms with Gasteiger partial charge in [0.25, 0.3) is 0 Å². The van der Waals surface area contributed by atoms with Crippen LogP contribution in [0.3, 0.4) is 0 Å². The number of ether oxygens (including phenoxy) is 1. The molecule has 1 saturated carbocycles. The first-order chi connectivity index (χ1) is 13.7. The standard InChI is InChI=1S/C23H26N2O3/c26-19-11-18-14-25(23(27)28-15-16-5-2-1-3-6-16)10-9-24-13-17-7-4-8-20(17)21(12-19)22(18)24/h1-3,5-6,11-12,17,20,26H,4,7-10,13-15H2/t17-,20-/m0/s1. The average Bonchev–Trinajstić information content (AvgIpc) is 3.10. The fourth-order valence-electron chi connectivity index (χ4n) is 5.23. The minimum absolute atomic E-state index is 0.280. The van der Waals surface area contributed by atoms with Gasteiger partial charge in [-0.3, -0.25) is 0 Å². The zero-order valence-corrected chi connectivity index (χ0v) is 16.0. The normalized spacial score (nSPS) is 23.0. The SMILES string of the molecule is O=C(OCc1ccccc1)N1CCN2C[C@@H]3CCC[C@@H]3c3cc(O)cc(c32)C1. The number of aromatic hydroxyl groups is 1. The van der Waals surface area contributed by atoms with Gasteiger partial charge in [-0.05, 0) is 53.5 Å². The summed E-state index contributed by atoms with van der Waals surface area (Å²) in [5, 5.41) is 10.3. The molecule has 146 valence electrons. The van der Waals surface area contributed by atoms with E-state index in [2.05, 4.69) is 4.90 Å². The molecular weight excluding hydrogens is 352 g/mol. The van der Waals surface area contributed by atoms with E-state index in [4.69, 9.17) is 4.74 Å². The van der Waals surface area contributed by atoms with Crippen LogP contribution in [-0.4, -0.2) is 35.7 Å². The first kappa shape index (κ1) is 17.4. The Morgan fingerprint density at radius 2 is 2.00 bits per heavy atom. The van der Waals surface area contributed by atoms with Crippen LogP contribution in [0.4, 0.5) is 10.5 Å². The van der Waals surface area contributed by atoms with Crippen molar-refractivity contribution in [2.45, 2.75) is 38.3 Å². The number of benzene rings is 2. The van der Waals surface area contributed by atoms with E-state index < -0.39 is 0 Å². The molecule has 1 amide bonds. The Labute approximate surface area is 165 Å². The summed E-state index contributed by atoms with van der Waals surface area (Å²) in [5.74, 6) is 1.52. The van der Waals surface area contributed by atoms with Gasteiger partial charge in [0, 0.05) is 25.3 Å². The predicted molar refractivity (Wildman–Crippen MR) is 107 cm³/mol. The molecule has 1 N–H and O–H groups in total. The molecule has 0 spiro atoms. The molecule has 0 aromatic heterocycles. The lowest BCUT2D eigenvalue weighted by atomic mass is 9.82. The van der Waals surface area contributed by atoms with Crippen LogP contribution in [0.1, 0.15) is 41.9 Å². The largest absolute Gasteiger partial charge is 0.508 e. The smallest absolute Gasteiger partial charge is 0.410 e. The quantitative estimate of drug-likeness (QED) is 0.849. The summed E-state index contributed by atoms with van der Waals surface area (Å²) < 4.78 is 5.56. The minimum atomic E-state index is -0.291. The molecule has 3 aliphatic rings. The molecular formula is C23H26N2O3. The third kappa shape index (κ3) is 3.09. The van der Waals surface area contributed by atoms with Gasteiger partial charge < -0.3 is 19.6 Å². The lowest BCUT2D eigenvalue weighted by molar-refractivity contribution is 0.0953. The summed E-state index contributed by atoms with van der Waals surface area (Å²) in [6.45, 7) is 3.27. The van der Waals surface area contributed by atoms with Gasteiger partial charge in [-0.25, -0.2) is 4.79 Å². The van der Waals surface area contributed by atoms with Crippen molar-refractivity contribution in [3.05, 3.63) is 59.2 Å². The van der Waals surface area contributed by atoms with Gasteiger partial charge in [-0.2, -0.15) is 0 Å². The number of carbonyl (C=O) groups excluding carboxylic acids is 1. The molecule has 28 heavy (non-hydrogen) atoms. The maximum Gasteiger partial charge on any atom is 0.410 e. The highest BCUT2D eigenvalue weighted by Crippen LogP contribution is 2.50. The van der Waals surface area contributed by atoms with Gasteiger partial charge in [0.15, 0.2) is 0 Å². The molecule has 5 rings (SSSR count). The van der Waals surface area contributed by atoms with Crippen LogP contribution in [0.2, 0.25) is 0 Å². The summed E-state index contributed by atoms with van der Waals surface area (Å²) in [6.07, 6.45) is 3.44. The molecule has 2 aromatic carbocycles. The number of carbonyl (C=O) groups is 1. The Kier molecular flexibility index (Phi) is 4.38. The molecule has 0 bridgehead atoms. The van der Waals surface area contributed by atoms with E-state index in [1.807, 2.05) is 42.5 Å². The van der Waals surface area contributed by atoms with Crippen molar-refractivity contribution in [3.63, 3.8) is 0 Å². The Hall–Kier alpha value is -2.69. The molecule has 0 saturated heterocycles. The summed E-state index contributed by atoms with van der Waals surface area (Å²) >= 11 is 0. The first-order valence-corrected chi connectivity index (χ1v) is 10.3. The topological polar surface area (TPSA) is 53.0 Å². The lowest BCUT2D eigenvalue weighted by Gasteiger charge is -2.38. The second-order valence-electron chi connectivity index (χ2n) is 8.25. The summed E-state index contributed by atoms with van der Waals surface area (Å²) in [6, 6.07) is 13.5. The molecule has 2 aromatic rings. The van der Waals surface area contributed by atoms with Crippen molar-refractivity contribution in [2.75, 3.05) is 24.5 Å². The minimum Gasteiger partial charge on any atom is -0.508 e. The number of phenolic OH excluding ortho intramolecular Hbond substituents is 1. The molecule has 2 atom stereocenters. The van der Waals surface area contributed by atoms with Crippen LogP contribution in [0.25, 0.3) is 0 Å². The van der Waals surface area contributed by atoms with Crippen LogP contribution in [0.5, 0.6) is 5.75 Å². The van der Waals surface area contributed by atoms with Crippen molar-refractivity contribution < 1.29 is 14.6 Å². The predicted octanol–water partition coefficient (Wildman–Crippen LogP) is 4.25. The van der Waals surface area contributed by atoms with Crippen LogP contribution in [-0.2, 0) is 17.9 Å². The fraction of sp³-hybridized carbons (Fsp3) is 0.435. The van der Waals surface area contributed by atoms with E-state index in [-0.39, 0.29) is 12.7 Å². The van der Waals surface area contributed by atoms with Gasteiger partial charge in [-0.1, -0.05) is 36.8 Å². The van der Waals surface area contributed by atoms with E-state index in [9.17, 15) is 9.90 Å². The first-order valence-electron chi connectivity index (χ1n) is 10.3. The number of hydrogen-bond donors (Lipinski definition) is 1. The number of nitrogens with zero attached hydrogens (tertiary/aromatic N) is 2. The Morgan fingerprint density at radius 3 is 2.86 bits per heavy atom. The monoisotopic (exact) mass is 378 g/mol. The van der Waals surface area contributed by atoms with Crippen LogP contribution in [0, 0.1) is 5.92 Å². The summed E-state index contributed by atoms with van der Waals surface area (Å²) in [5.41, 5.74) is 4.55. The van der Waals surface area contributed by atoms with E-state index >= 15 is 0 Å².